The van der Waals surface area contributed by atoms with E-state index < -0.39 is 0 Å². The number of benzene rings is 1. The van der Waals surface area contributed by atoms with Crippen LogP contribution in [0.4, 0.5) is 0 Å². The molecular formula is C26H39ClN2O. The van der Waals surface area contributed by atoms with Crippen LogP contribution in [0.3, 0.4) is 0 Å². The van der Waals surface area contributed by atoms with E-state index in [0.717, 1.165) is 56.8 Å². The highest BCUT2D eigenvalue weighted by molar-refractivity contribution is 6.33. The van der Waals surface area contributed by atoms with E-state index >= 15 is 0 Å². The van der Waals surface area contributed by atoms with Gasteiger partial charge in [0.15, 0.2) is 0 Å². The number of nitrogens with zero attached hydrogens (tertiary/aromatic N) is 1. The van der Waals surface area contributed by atoms with Gasteiger partial charge in [-0.3, -0.25) is 4.79 Å². The third-order valence-corrected chi connectivity index (χ3v) is 8.32. The Balaban J connectivity index is 1.33. The summed E-state index contributed by atoms with van der Waals surface area (Å²) >= 11 is 6.42. The molecule has 0 aliphatic heterocycles. The molecule has 4 aliphatic carbocycles. The maximum atomic E-state index is 13.0. The third-order valence-electron chi connectivity index (χ3n) is 7.99. The molecule has 1 amide bonds. The van der Waals surface area contributed by atoms with E-state index in [1.807, 2.05) is 12.1 Å². The van der Waals surface area contributed by atoms with Gasteiger partial charge < -0.3 is 10.2 Å². The molecule has 1 aromatic rings. The van der Waals surface area contributed by atoms with Crippen LogP contribution >= 0.6 is 11.6 Å². The Kier molecular flexibility index (Phi) is 7.09. The van der Waals surface area contributed by atoms with E-state index in [-0.39, 0.29) is 5.91 Å². The highest BCUT2D eigenvalue weighted by Crippen LogP contribution is 2.59. The van der Waals surface area contributed by atoms with Gasteiger partial charge in [-0.1, -0.05) is 31.5 Å². The summed E-state index contributed by atoms with van der Waals surface area (Å²) in [7, 11) is 0. The van der Waals surface area contributed by atoms with Crippen molar-refractivity contribution in [2.24, 2.45) is 23.2 Å². The molecule has 4 heteroatoms. The molecule has 4 aliphatic rings. The Morgan fingerprint density at radius 2 is 1.77 bits per heavy atom. The number of aryl methyl sites for hydroxylation is 1. The molecular weight excluding hydrogens is 392 g/mol. The van der Waals surface area contributed by atoms with Gasteiger partial charge in [0.05, 0.1) is 10.6 Å². The van der Waals surface area contributed by atoms with Gasteiger partial charge in [0, 0.05) is 6.54 Å². The highest BCUT2D eigenvalue weighted by atomic mass is 35.5. The predicted octanol–water partition coefficient (Wildman–Crippen LogP) is 5.95. The number of rotatable bonds is 10. The van der Waals surface area contributed by atoms with Gasteiger partial charge in [-0.05, 0) is 118 Å². The van der Waals surface area contributed by atoms with Crippen LogP contribution in [0.1, 0.15) is 81.1 Å². The van der Waals surface area contributed by atoms with Crippen molar-refractivity contribution in [3.8, 4) is 0 Å². The fraction of sp³-hybridized carbons (Fsp3) is 0.731. The van der Waals surface area contributed by atoms with Crippen molar-refractivity contribution in [3.05, 3.63) is 34.3 Å². The Bertz CT molecular complexity index is 711. The molecule has 4 saturated carbocycles. The molecule has 0 unspecified atom stereocenters. The lowest BCUT2D eigenvalue weighted by Crippen LogP contribution is -2.51. The number of carbonyl (C=O) groups excluding carboxylic acids is 1. The molecule has 1 aromatic carbocycles. The van der Waals surface area contributed by atoms with Crippen LogP contribution in [-0.4, -0.2) is 37.0 Å². The van der Waals surface area contributed by atoms with Gasteiger partial charge in [-0.2, -0.15) is 0 Å². The minimum absolute atomic E-state index is 0.0127. The molecule has 166 valence electrons. The van der Waals surface area contributed by atoms with Crippen molar-refractivity contribution in [2.75, 3.05) is 26.2 Å². The minimum Gasteiger partial charge on any atom is -0.351 e. The van der Waals surface area contributed by atoms with Gasteiger partial charge in [0.2, 0.25) is 0 Å². The number of halogens is 1. The third kappa shape index (κ3) is 5.05. The lowest BCUT2D eigenvalue weighted by atomic mass is 9.49. The Hall–Kier alpha value is -1.06. The number of hydrogen-bond donors (Lipinski definition) is 1. The zero-order chi connectivity index (χ0) is 21.1. The first kappa shape index (κ1) is 22.1. The van der Waals surface area contributed by atoms with Crippen LogP contribution in [0, 0.1) is 23.2 Å². The summed E-state index contributed by atoms with van der Waals surface area (Å²) in [5.41, 5.74) is 2.23. The monoisotopic (exact) mass is 430 g/mol. The van der Waals surface area contributed by atoms with Gasteiger partial charge >= 0.3 is 0 Å². The van der Waals surface area contributed by atoms with Crippen LogP contribution in [0.15, 0.2) is 18.2 Å². The van der Waals surface area contributed by atoms with Crippen molar-refractivity contribution < 1.29 is 4.79 Å². The number of amides is 1. The molecule has 5 rings (SSSR count). The first-order valence-corrected chi connectivity index (χ1v) is 12.7. The van der Waals surface area contributed by atoms with Gasteiger partial charge in [-0.25, -0.2) is 0 Å². The predicted molar refractivity (Wildman–Crippen MR) is 125 cm³/mol. The second-order valence-electron chi connectivity index (χ2n) is 10.5. The summed E-state index contributed by atoms with van der Waals surface area (Å²) in [4.78, 5) is 15.5. The topological polar surface area (TPSA) is 32.3 Å². The van der Waals surface area contributed by atoms with Crippen molar-refractivity contribution in [2.45, 2.75) is 71.6 Å². The molecule has 0 spiro atoms. The summed E-state index contributed by atoms with van der Waals surface area (Å²) in [5.74, 6) is 2.75. The zero-order valence-electron chi connectivity index (χ0n) is 18.9. The number of carbonyl (C=O) groups is 1. The molecule has 30 heavy (non-hydrogen) atoms. The molecule has 4 fully saturated rings. The van der Waals surface area contributed by atoms with Gasteiger partial charge in [0.1, 0.15) is 0 Å². The van der Waals surface area contributed by atoms with E-state index in [0.29, 0.717) is 16.0 Å². The standard InChI is InChI=1S/C26H39ClN2O/c1-3-9-29(4-2)10-5-6-19-7-8-24(27)23(14-19)25(30)28-18-26-15-20-11-21(16-26)13-22(12-20)17-26/h7-8,14,20-22H,3-6,9-13,15-18H2,1-2H3,(H,28,30). The fourth-order valence-corrected chi connectivity index (χ4v) is 7.23. The molecule has 3 nitrogen and oxygen atoms in total. The summed E-state index contributed by atoms with van der Waals surface area (Å²) in [6.07, 6.45) is 11.6. The van der Waals surface area contributed by atoms with Crippen molar-refractivity contribution in [3.63, 3.8) is 0 Å². The molecule has 0 atom stereocenters. The molecule has 0 saturated heterocycles. The Morgan fingerprint density at radius 1 is 1.10 bits per heavy atom. The normalized spacial score (nSPS) is 29.5. The molecule has 0 radical (unpaired) electrons. The molecule has 1 N–H and O–H groups in total. The maximum Gasteiger partial charge on any atom is 0.252 e. The van der Waals surface area contributed by atoms with Gasteiger partial charge in [0.25, 0.3) is 5.91 Å². The summed E-state index contributed by atoms with van der Waals surface area (Å²) < 4.78 is 0. The molecule has 0 aromatic heterocycles. The SMILES string of the molecule is CCCN(CC)CCCc1ccc(Cl)c(C(=O)NCC23CC4CC(CC(C4)C2)C3)c1. The highest BCUT2D eigenvalue weighted by Gasteiger charge is 2.50. The van der Waals surface area contributed by atoms with Crippen LogP contribution in [0.25, 0.3) is 0 Å². The largest absolute Gasteiger partial charge is 0.351 e. The maximum absolute atomic E-state index is 13.0. The van der Waals surface area contributed by atoms with E-state index in [1.165, 1.54) is 50.5 Å². The average molecular weight is 431 g/mol. The lowest BCUT2D eigenvalue weighted by molar-refractivity contribution is -0.0503. The smallest absolute Gasteiger partial charge is 0.252 e. The Morgan fingerprint density at radius 3 is 2.37 bits per heavy atom. The number of hydrogen-bond acceptors (Lipinski definition) is 2. The quantitative estimate of drug-likeness (QED) is 0.497. The van der Waals surface area contributed by atoms with Crippen molar-refractivity contribution in [1.82, 2.24) is 10.2 Å². The summed E-state index contributed by atoms with van der Waals surface area (Å²) in [5, 5.41) is 3.86. The van der Waals surface area contributed by atoms with Gasteiger partial charge in [-0.15, -0.1) is 0 Å². The summed E-state index contributed by atoms with van der Waals surface area (Å²) in [6, 6.07) is 6.00. The fourth-order valence-electron chi connectivity index (χ4n) is 7.02. The second kappa shape index (κ2) is 9.61. The minimum atomic E-state index is 0.0127. The second-order valence-corrected chi connectivity index (χ2v) is 10.9. The molecule has 4 bridgehead atoms. The average Bonchev–Trinajstić information content (AvgIpc) is 2.71. The molecule has 0 heterocycles. The van der Waals surface area contributed by atoms with E-state index in [4.69, 9.17) is 11.6 Å². The lowest BCUT2D eigenvalue weighted by Gasteiger charge is -2.56. The van der Waals surface area contributed by atoms with Crippen molar-refractivity contribution >= 4 is 17.5 Å². The van der Waals surface area contributed by atoms with E-state index in [9.17, 15) is 4.79 Å². The summed E-state index contributed by atoms with van der Waals surface area (Å²) in [6.45, 7) is 8.67. The van der Waals surface area contributed by atoms with Crippen LogP contribution in [-0.2, 0) is 6.42 Å². The zero-order valence-corrected chi connectivity index (χ0v) is 19.6. The van der Waals surface area contributed by atoms with E-state index in [2.05, 4.69) is 30.1 Å². The number of nitrogens with one attached hydrogen (secondary N) is 1. The first-order chi connectivity index (χ1) is 14.5. The van der Waals surface area contributed by atoms with Crippen LogP contribution in [0.2, 0.25) is 5.02 Å². The first-order valence-electron chi connectivity index (χ1n) is 12.3. The van der Waals surface area contributed by atoms with Crippen LogP contribution in [0.5, 0.6) is 0 Å². The van der Waals surface area contributed by atoms with Crippen molar-refractivity contribution in [1.29, 1.82) is 0 Å². The van der Waals surface area contributed by atoms with E-state index in [1.54, 1.807) is 0 Å². The Labute approximate surface area is 187 Å². The van der Waals surface area contributed by atoms with Crippen LogP contribution < -0.4 is 5.32 Å².